The van der Waals surface area contributed by atoms with Gasteiger partial charge in [-0.05, 0) is 120 Å². The Morgan fingerprint density at radius 2 is 0.818 bits per heavy atom. The van der Waals surface area contributed by atoms with E-state index < -0.39 is 0 Å². The normalized spacial score (nSPS) is 11.5. The highest BCUT2D eigenvalue weighted by Crippen LogP contribution is 2.43. The Hall–Kier alpha value is -8.52. The lowest BCUT2D eigenvalue weighted by atomic mass is 9.88. The molecule has 0 aromatic heterocycles. The molecule has 0 heterocycles. The first kappa shape index (κ1) is 40.3. The van der Waals surface area contributed by atoms with Crippen molar-refractivity contribution >= 4 is 50.3 Å². The molecule has 0 aliphatic heterocycles. The molecule has 0 fully saturated rings. The summed E-state index contributed by atoms with van der Waals surface area (Å²) < 4.78 is 0. The fourth-order valence-corrected chi connectivity index (χ4v) is 9.50. The Bertz CT molecular complexity index is 3450. The summed E-state index contributed by atoms with van der Waals surface area (Å²) in [6, 6.07) is 96.7. The highest BCUT2D eigenvalue weighted by atomic mass is 15.1. The number of fused-ring (bicyclic) bond motifs is 2. The molecule has 0 radical (unpaired) electrons. The van der Waals surface area contributed by atoms with E-state index in [1.54, 1.807) is 0 Å². The van der Waals surface area contributed by atoms with Crippen LogP contribution in [0.1, 0.15) is 16.7 Å². The average molecular weight is 842 g/mol. The summed E-state index contributed by atoms with van der Waals surface area (Å²) in [5, 5.41) is 4.94. The molecule has 0 aliphatic rings. The summed E-state index contributed by atoms with van der Waals surface area (Å²) >= 11 is 0. The quantitative estimate of drug-likeness (QED) is 0.117. The topological polar surface area (TPSA) is 3.24 Å². The Morgan fingerprint density at radius 3 is 1.47 bits per heavy atom. The van der Waals surface area contributed by atoms with Gasteiger partial charge < -0.3 is 4.90 Å². The summed E-state index contributed by atoms with van der Waals surface area (Å²) in [7, 11) is 0. The van der Waals surface area contributed by atoms with Crippen molar-refractivity contribution in [3.63, 3.8) is 0 Å². The summed E-state index contributed by atoms with van der Waals surface area (Å²) in [4.78, 5) is 2.39. The molecule has 0 saturated carbocycles. The van der Waals surface area contributed by atoms with Gasteiger partial charge in [-0.2, -0.15) is 0 Å². The second kappa shape index (κ2) is 18.3. The Labute approximate surface area is 387 Å². The van der Waals surface area contributed by atoms with Crippen molar-refractivity contribution < 1.29 is 0 Å². The molecule has 0 N–H and O–H groups in total. The van der Waals surface area contributed by atoms with Crippen molar-refractivity contribution in [2.45, 2.75) is 6.42 Å². The van der Waals surface area contributed by atoms with E-state index in [0.717, 1.165) is 23.5 Å². The van der Waals surface area contributed by atoms with Crippen molar-refractivity contribution in [2.75, 3.05) is 4.90 Å². The average Bonchev–Trinajstić information content (AvgIpc) is 3.40. The van der Waals surface area contributed by atoms with Crippen LogP contribution in [0.4, 0.5) is 17.1 Å². The zero-order valence-electron chi connectivity index (χ0n) is 36.6. The number of hydrogen-bond acceptors (Lipinski definition) is 1. The minimum Gasteiger partial charge on any atom is -0.310 e. The monoisotopic (exact) mass is 841 g/mol. The summed E-state index contributed by atoms with van der Waals surface area (Å²) in [5.74, 6) is 0. The molecule has 0 atom stereocenters. The Morgan fingerprint density at radius 1 is 0.333 bits per heavy atom. The molecule has 1 nitrogen and oxygen atoms in total. The molecule has 11 aromatic rings. The third-order valence-corrected chi connectivity index (χ3v) is 12.7. The highest BCUT2D eigenvalue weighted by molar-refractivity contribution is 6.00. The fourth-order valence-electron chi connectivity index (χ4n) is 9.50. The van der Waals surface area contributed by atoms with Crippen LogP contribution in [0.3, 0.4) is 0 Å². The minimum absolute atomic E-state index is 0.798. The van der Waals surface area contributed by atoms with Crippen LogP contribution in [0.5, 0.6) is 0 Å². The standard InChI is InChI=1S/C65H47N/c1-5-19-48(20-6-1)56(45-55-29-17-27-49-25-13-15-32-59(49)55)43-47-35-41-60(63(44-47)51-21-7-2-8-22-51)53-36-38-54(39-37-53)61-42-40-58(46-64(61)52-23-9-3-10-24-52)66(57-30-11-4-12-31-57)65-34-18-28-50-26-14-16-33-62(50)65/h1-42,44-46H,43H2/b56-45-. The van der Waals surface area contributed by atoms with Crippen LogP contribution in [0.2, 0.25) is 0 Å². The second-order valence-electron chi connectivity index (χ2n) is 16.9. The van der Waals surface area contributed by atoms with Gasteiger partial charge in [-0.25, -0.2) is 0 Å². The smallest absolute Gasteiger partial charge is 0.0540 e. The number of hydrogen-bond donors (Lipinski definition) is 0. The third kappa shape index (κ3) is 8.23. The molecule has 312 valence electrons. The van der Waals surface area contributed by atoms with E-state index >= 15 is 0 Å². The third-order valence-electron chi connectivity index (χ3n) is 12.7. The van der Waals surface area contributed by atoms with E-state index in [9.17, 15) is 0 Å². The summed E-state index contributed by atoms with van der Waals surface area (Å²) in [6.07, 6.45) is 3.18. The lowest BCUT2D eigenvalue weighted by Gasteiger charge is -2.28. The van der Waals surface area contributed by atoms with Crippen molar-refractivity contribution in [2.24, 2.45) is 0 Å². The van der Waals surface area contributed by atoms with E-state index in [1.165, 1.54) is 88.3 Å². The van der Waals surface area contributed by atoms with E-state index in [1.807, 2.05) is 0 Å². The zero-order valence-corrected chi connectivity index (χ0v) is 36.6. The van der Waals surface area contributed by atoms with Crippen LogP contribution in [0, 0.1) is 0 Å². The van der Waals surface area contributed by atoms with Gasteiger partial charge in [-0.3, -0.25) is 0 Å². The Balaban J connectivity index is 0.982. The van der Waals surface area contributed by atoms with Gasteiger partial charge in [0.05, 0.1) is 5.69 Å². The maximum Gasteiger partial charge on any atom is 0.0540 e. The number of benzene rings is 11. The summed E-state index contributed by atoms with van der Waals surface area (Å²) in [5.41, 5.74) is 17.9. The number of rotatable bonds is 11. The van der Waals surface area contributed by atoms with Gasteiger partial charge in [0, 0.05) is 16.8 Å². The van der Waals surface area contributed by atoms with Gasteiger partial charge in [-0.15, -0.1) is 0 Å². The first-order valence-corrected chi connectivity index (χ1v) is 22.8. The van der Waals surface area contributed by atoms with Crippen LogP contribution >= 0.6 is 0 Å². The van der Waals surface area contributed by atoms with E-state index in [-0.39, 0.29) is 0 Å². The minimum atomic E-state index is 0.798. The molecule has 0 unspecified atom stereocenters. The lowest BCUT2D eigenvalue weighted by molar-refractivity contribution is 1.29. The molecule has 1 heteroatoms. The van der Waals surface area contributed by atoms with E-state index in [2.05, 4.69) is 278 Å². The molecule has 11 aromatic carbocycles. The number of allylic oxidation sites excluding steroid dienone is 1. The van der Waals surface area contributed by atoms with Crippen molar-refractivity contribution in [1.29, 1.82) is 0 Å². The fraction of sp³-hybridized carbons (Fsp3) is 0.0154. The molecule has 11 rings (SSSR count). The van der Waals surface area contributed by atoms with Gasteiger partial charge in [0.1, 0.15) is 0 Å². The first-order valence-electron chi connectivity index (χ1n) is 22.8. The van der Waals surface area contributed by atoms with Gasteiger partial charge in [0.2, 0.25) is 0 Å². The van der Waals surface area contributed by atoms with Gasteiger partial charge in [-0.1, -0.05) is 243 Å². The maximum absolute atomic E-state index is 2.40. The molecular weight excluding hydrogens is 795 g/mol. The molecule has 66 heavy (non-hydrogen) atoms. The SMILES string of the molecule is C(=C(\Cc1ccc(-c2ccc(-c3ccc(N(c4ccccc4)c4cccc5ccccc45)cc3-c3ccccc3)cc2)c(-c2ccccc2)c1)c1ccccc1)/c1cccc2ccccc12. The van der Waals surface area contributed by atoms with Crippen molar-refractivity contribution in [3.05, 3.63) is 284 Å². The lowest BCUT2D eigenvalue weighted by Crippen LogP contribution is -2.10. The summed E-state index contributed by atoms with van der Waals surface area (Å²) in [6.45, 7) is 0. The predicted molar refractivity (Wildman–Crippen MR) is 282 cm³/mol. The van der Waals surface area contributed by atoms with Crippen LogP contribution in [-0.2, 0) is 6.42 Å². The second-order valence-corrected chi connectivity index (χ2v) is 16.9. The molecule has 0 saturated heterocycles. The van der Waals surface area contributed by atoms with Gasteiger partial charge in [0.15, 0.2) is 0 Å². The van der Waals surface area contributed by atoms with Crippen LogP contribution in [-0.4, -0.2) is 0 Å². The number of para-hydroxylation sites is 1. The van der Waals surface area contributed by atoms with Gasteiger partial charge in [0.25, 0.3) is 0 Å². The maximum atomic E-state index is 2.40. The van der Waals surface area contributed by atoms with Crippen LogP contribution in [0.15, 0.2) is 267 Å². The number of nitrogens with zero attached hydrogens (tertiary/aromatic N) is 1. The van der Waals surface area contributed by atoms with Crippen LogP contribution in [0.25, 0.3) is 77.7 Å². The number of anilines is 3. The van der Waals surface area contributed by atoms with Crippen molar-refractivity contribution in [1.82, 2.24) is 0 Å². The van der Waals surface area contributed by atoms with Crippen molar-refractivity contribution in [3.8, 4) is 44.5 Å². The predicted octanol–water partition coefficient (Wildman–Crippen LogP) is 17.9. The largest absolute Gasteiger partial charge is 0.310 e. The van der Waals surface area contributed by atoms with E-state index in [4.69, 9.17) is 0 Å². The Kier molecular flexibility index (Phi) is 11.2. The molecule has 0 bridgehead atoms. The highest BCUT2D eigenvalue weighted by Gasteiger charge is 2.19. The first-order chi connectivity index (χ1) is 32.7. The molecule has 0 spiro atoms. The van der Waals surface area contributed by atoms with Crippen LogP contribution < -0.4 is 4.90 Å². The van der Waals surface area contributed by atoms with E-state index in [0.29, 0.717) is 0 Å². The zero-order chi connectivity index (χ0) is 44.1. The van der Waals surface area contributed by atoms with Gasteiger partial charge >= 0.3 is 0 Å². The molecular formula is C65H47N. The molecule has 0 amide bonds. The molecule has 0 aliphatic carbocycles.